The fourth-order valence-electron chi connectivity index (χ4n) is 2.21. The first-order chi connectivity index (χ1) is 10.6. The van der Waals surface area contributed by atoms with Crippen LogP contribution in [-0.2, 0) is 0 Å². The number of hydrogen-bond acceptors (Lipinski definition) is 4. The Morgan fingerprint density at radius 3 is 2.77 bits per heavy atom. The largest absolute Gasteiger partial charge is 0.495 e. The number of imidazole rings is 1. The first kappa shape index (κ1) is 15.8. The zero-order chi connectivity index (χ0) is 15.7. The molecular weight excluding hydrogens is 434 g/mol. The Morgan fingerprint density at radius 1 is 1.27 bits per heavy atom. The van der Waals surface area contributed by atoms with Crippen molar-refractivity contribution in [2.75, 3.05) is 12.4 Å². The van der Waals surface area contributed by atoms with Crippen LogP contribution in [0.2, 0.25) is 5.15 Å². The number of fused-ring (bicyclic) bond motifs is 1. The number of para-hydroxylation sites is 2. The van der Waals surface area contributed by atoms with Gasteiger partial charge >= 0.3 is 0 Å². The maximum atomic E-state index is 6.18. The van der Waals surface area contributed by atoms with Crippen LogP contribution in [0.15, 0.2) is 30.3 Å². The number of nitrogens with zero attached hydrogens (tertiary/aromatic N) is 3. The van der Waals surface area contributed by atoms with Crippen molar-refractivity contribution in [3.05, 3.63) is 41.3 Å². The number of hydrogen-bond donors (Lipinski definition) is 1. The Morgan fingerprint density at radius 2 is 2.05 bits per heavy atom. The van der Waals surface area contributed by atoms with E-state index in [1.54, 1.807) is 13.2 Å². The van der Waals surface area contributed by atoms with Crippen LogP contribution < -0.4 is 10.1 Å². The molecule has 1 unspecified atom stereocenters. The molecule has 2 aromatic heterocycles. The topological polar surface area (TPSA) is 52.0 Å². The van der Waals surface area contributed by atoms with Crippen LogP contribution in [0.4, 0.5) is 11.4 Å². The summed E-state index contributed by atoms with van der Waals surface area (Å²) in [5.41, 5.74) is 3.26. The number of anilines is 2. The normalized spacial score (nSPS) is 11.5. The fourth-order valence-corrected chi connectivity index (χ4v) is 4.55. The second-order valence-corrected chi connectivity index (χ2v) is 7.02. The van der Waals surface area contributed by atoms with Crippen molar-refractivity contribution in [3.63, 3.8) is 0 Å². The van der Waals surface area contributed by atoms with Crippen molar-refractivity contribution < 1.29 is 4.74 Å². The summed E-state index contributed by atoms with van der Waals surface area (Å²) in [5.74, 6) is 1.68. The lowest BCUT2D eigenvalue weighted by atomic mass is 10.2. The maximum Gasteiger partial charge on any atom is 0.167 e. The first-order valence-corrected chi connectivity index (χ1v) is 10.9. The van der Waals surface area contributed by atoms with Gasteiger partial charge in [-0.15, -0.1) is 0 Å². The molecule has 0 spiro atoms. The standard InChI is InChI=1S/C14H13ClIN4OP/c1-8-17-13-10(7-12(15)19-14(13)20(8)22-16)18-9-5-3-4-6-11(9)21-2/h3-7,22H,1-2H3,(H,18,19). The van der Waals surface area contributed by atoms with E-state index in [9.17, 15) is 0 Å². The summed E-state index contributed by atoms with van der Waals surface area (Å²) in [6.45, 7) is 1.97. The summed E-state index contributed by atoms with van der Waals surface area (Å²) < 4.78 is 7.42. The zero-order valence-electron chi connectivity index (χ0n) is 11.9. The number of pyridine rings is 1. The number of benzene rings is 1. The van der Waals surface area contributed by atoms with Crippen LogP contribution >= 0.6 is 40.0 Å². The summed E-state index contributed by atoms with van der Waals surface area (Å²) in [6, 6.07) is 9.50. The van der Waals surface area contributed by atoms with Crippen LogP contribution in [0, 0.1) is 6.92 Å². The summed E-state index contributed by atoms with van der Waals surface area (Å²) in [6.07, 6.45) is 0.516. The predicted molar refractivity (Wildman–Crippen MR) is 101 cm³/mol. The van der Waals surface area contributed by atoms with Gasteiger partial charge in [0.1, 0.15) is 22.2 Å². The maximum absolute atomic E-state index is 6.18. The smallest absolute Gasteiger partial charge is 0.167 e. The summed E-state index contributed by atoms with van der Waals surface area (Å²) >= 11 is 8.49. The van der Waals surface area contributed by atoms with E-state index in [4.69, 9.17) is 16.3 Å². The highest BCUT2D eigenvalue weighted by Crippen LogP contribution is 2.36. The molecule has 0 aliphatic rings. The highest BCUT2D eigenvalue weighted by atomic mass is 127. The third-order valence-corrected chi connectivity index (χ3v) is 5.56. The molecule has 3 aromatic rings. The Kier molecular flexibility index (Phi) is 4.70. The van der Waals surface area contributed by atoms with E-state index < -0.39 is 0 Å². The van der Waals surface area contributed by atoms with Gasteiger partial charge in [0.25, 0.3) is 0 Å². The number of aromatic nitrogens is 3. The molecule has 0 aliphatic heterocycles. The van der Waals surface area contributed by atoms with E-state index in [2.05, 4.69) is 41.7 Å². The van der Waals surface area contributed by atoms with E-state index in [0.29, 0.717) is 11.5 Å². The van der Waals surface area contributed by atoms with Crippen LogP contribution in [0.1, 0.15) is 5.82 Å². The molecule has 0 amide bonds. The van der Waals surface area contributed by atoms with Gasteiger partial charge in [-0.1, -0.05) is 23.7 Å². The Hall–Kier alpha value is -1.11. The summed E-state index contributed by atoms with van der Waals surface area (Å²) in [4.78, 5) is 9.03. The van der Waals surface area contributed by atoms with Gasteiger partial charge < -0.3 is 10.1 Å². The Balaban J connectivity index is 2.14. The lowest BCUT2D eigenvalue weighted by Gasteiger charge is -2.11. The summed E-state index contributed by atoms with van der Waals surface area (Å²) in [5, 5.41) is 3.78. The van der Waals surface area contributed by atoms with Gasteiger partial charge in [0, 0.05) is 6.07 Å². The van der Waals surface area contributed by atoms with Crippen LogP contribution in [0.25, 0.3) is 11.2 Å². The van der Waals surface area contributed by atoms with Crippen molar-refractivity contribution in [2.45, 2.75) is 6.92 Å². The number of methoxy groups -OCH3 is 1. The molecule has 1 atom stereocenters. The summed E-state index contributed by atoms with van der Waals surface area (Å²) in [7, 11) is 1.64. The molecule has 0 saturated carbocycles. The minimum atomic E-state index is 0.431. The Bertz CT molecular complexity index is 839. The van der Waals surface area contributed by atoms with Gasteiger partial charge in [-0.05, 0) is 41.1 Å². The highest BCUT2D eigenvalue weighted by molar-refractivity contribution is 14.2. The van der Waals surface area contributed by atoms with Crippen molar-refractivity contribution in [2.24, 2.45) is 0 Å². The molecule has 0 radical (unpaired) electrons. The van der Waals surface area contributed by atoms with Crippen molar-refractivity contribution >= 4 is 62.6 Å². The van der Waals surface area contributed by atoms with Crippen molar-refractivity contribution in [1.29, 1.82) is 0 Å². The van der Waals surface area contributed by atoms with Gasteiger partial charge in [0.05, 0.1) is 24.9 Å². The van der Waals surface area contributed by atoms with Crippen LogP contribution in [0.5, 0.6) is 5.75 Å². The molecule has 22 heavy (non-hydrogen) atoms. The lowest BCUT2D eigenvalue weighted by Crippen LogP contribution is -1.96. The van der Waals surface area contributed by atoms with Gasteiger partial charge in [-0.3, -0.25) is 4.34 Å². The average molecular weight is 447 g/mol. The molecule has 0 saturated heterocycles. The van der Waals surface area contributed by atoms with E-state index in [-0.39, 0.29) is 0 Å². The van der Waals surface area contributed by atoms with Gasteiger partial charge in [0.2, 0.25) is 0 Å². The van der Waals surface area contributed by atoms with Crippen molar-refractivity contribution in [1.82, 2.24) is 14.3 Å². The molecule has 0 bridgehead atoms. The first-order valence-electron chi connectivity index (χ1n) is 6.46. The number of nitrogens with one attached hydrogen (secondary N) is 1. The lowest BCUT2D eigenvalue weighted by molar-refractivity contribution is 0.417. The molecule has 8 heteroatoms. The minimum absolute atomic E-state index is 0.431. The third kappa shape index (κ3) is 2.87. The average Bonchev–Trinajstić information content (AvgIpc) is 2.83. The predicted octanol–water partition coefficient (Wildman–Crippen LogP) is 4.94. The van der Waals surface area contributed by atoms with Gasteiger partial charge in [-0.25, -0.2) is 9.97 Å². The Labute approximate surface area is 147 Å². The highest BCUT2D eigenvalue weighted by Gasteiger charge is 2.15. The second kappa shape index (κ2) is 6.56. The fraction of sp³-hybridized carbons (Fsp3) is 0.143. The van der Waals surface area contributed by atoms with E-state index in [0.717, 1.165) is 34.1 Å². The van der Waals surface area contributed by atoms with Crippen LogP contribution in [-0.4, -0.2) is 21.4 Å². The molecule has 0 fully saturated rings. The molecule has 1 N–H and O–H groups in total. The molecular formula is C14H13ClIN4OP. The molecule has 2 heterocycles. The molecule has 3 rings (SSSR count). The van der Waals surface area contributed by atoms with E-state index in [1.165, 1.54) is 0 Å². The second-order valence-electron chi connectivity index (χ2n) is 4.57. The third-order valence-electron chi connectivity index (χ3n) is 3.21. The SMILES string of the molecule is COc1ccccc1Nc1cc(Cl)nc2c1nc(C)n2PI. The minimum Gasteiger partial charge on any atom is -0.495 e. The monoisotopic (exact) mass is 446 g/mol. The van der Waals surface area contributed by atoms with E-state index in [1.807, 2.05) is 31.2 Å². The van der Waals surface area contributed by atoms with Gasteiger partial charge in [0.15, 0.2) is 5.65 Å². The quantitative estimate of drug-likeness (QED) is 0.350. The molecule has 1 aromatic carbocycles. The van der Waals surface area contributed by atoms with Crippen LogP contribution in [0.3, 0.4) is 0 Å². The number of halogens is 2. The zero-order valence-corrected chi connectivity index (χ0v) is 15.8. The molecule has 5 nitrogen and oxygen atoms in total. The van der Waals surface area contributed by atoms with Gasteiger partial charge in [-0.2, -0.15) is 0 Å². The van der Waals surface area contributed by atoms with E-state index >= 15 is 0 Å². The number of rotatable bonds is 4. The number of aryl methyl sites for hydroxylation is 1. The molecule has 0 aliphatic carbocycles. The van der Waals surface area contributed by atoms with Crippen molar-refractivity contribution in [3.8, 4) is 5.75 Å². The number of ether oxygens (including phenoxy) is 1. The molecule has 114 valence electrons.